The first-order valence-corrected chi connectivity index (χ1v) is 12.7. The lowest BCUT2D eigenvalue weighted by Crippen LogP contribution is -2.27. The number of anilines is 1. The first-order valence-electron chi connectivity index (χ1n) is 11.0. The van der Waals surface area contributed by atoms with Crippen LogP contribution >= 0.6 is 0 Å². The molecule has 0 aliphatic heterocycles. The minimum absolute atomic E-state index is 0.0160. The summed E-state index contributed by atoms with van der Waals surface area (Å²) >= 11 is 0. The third-order valence-corrected chi connectivity index (χ3v) is 6.83. The Morgan fingerprint density at radius 3 is 2.27 bits per heavy atom. The molecule has 1 aromatic heterocycles. The molecule has 0 spiro atoms. The molecule has 0 atom stereocenters. The summed E-state index contributed by atoms with van der Waals surface area (Å²) in [5, 5.41) is 3.85. The molecule has 2 aromatic carbocycles. The zero-order valence-corrected chi connectivity index (χ0v) is 19.7. The first-order chi connectivity index (χ1) is 15.8. The molecule has 3 aromatic rings. The highest BCUT2D eigenvalue weighted by atomic mass is 32.2. The summed E-state index contributed by atoms with van der Waals surface area (Å²) in [7, 11) is -3.80. The summed E-state index contributed by atoms with van der Waals surface area (Å²) < 4.78 is 62.5. The Balaban J connectivity index is 1.88. The second-order valence-electron chi connectivity index (χ2n) is 7.71. The molecule has 0 unspecified atom stereocenters. The van der Waals surface area contributed by atoms with Crippen LogP contribution in [0.4, 0.5) is 14.5 Å². The van der Waals surface area contributed by atoms with Crippen LogP contribution in [0.5, 0.6) is 0 Å². The molecule has 6 nitrogen and oxygen atoms in total. The molecular formula is C24H29F2N3O3S. The summed E-state index contributed by atoms with van der Waals surface area (Å²) in [5.74, 6) is -1.60. The predicted molar refractivity (Wildman–Crippen MR) is 126 cm³/mol. The average molecular weight is 478 g/mol. The molecule has 1 N–H and O–H groups in total. The van der Waals surface area contributed by atoms with Crippen LogP contribution < -0.4 is 4.72 Å². The maximum absolute atomic E-state index is 14.5. The van der Waals surface area contributed by atoms with Crippen molar-refractivity contribution in [1.29, 1.82) is 0 Å². The Labute approximate surface area is 193 Å². The van der Waals surface area contributed by atoms with Crippen molar-refractivity contribution in [3.8, 4) is 11.3 Å². The fourth-order valence-electron chi connectivity index (χ4n) is 3.62. The van der Waals surface area contributed by atoms with E-state index in [0.717, 1.165) is 30.8 Å². The molecule has 1 heterocycles. The molecule has 0 aliphatic carbocycles. The van der Waals surface area contributed by atoms with Crippen LogP contribution in [-0.4, -0.2) is 43.9 Å². The molecule has 0 bridgehead atoms. The molecule has 0 amide bonds. The lowest BCUT2D eigenvalue weighted by molar-refractivity contribution is 0.305. The quantitative estimate of drug-likeness (QED) is 0.402. The van der Waals surface area contributed by atoms with Gasteiger partial charge in [0, 0.05) is 6.42 Å². The minimum atomic E-state index is -3.80. The van der Waals surface area contributed by atoms with E-state index < -0.39 is 27.2 Å². The van der Waals surface area contributed by atoms with Crippen LogP contribution in [0, 0.1) is 11.6 Å². The van der Waals surface area contributed by atoms with E-state index in [1.807, 2.05) is 44.2 Å². The SMILES string of the molecule is CCN(CC)CCCS(=O)(=O)Nc1c(-c2c(F)cccc2F)noc1CCc1ccccc1. The zero-order valence-electron chi connectivity index (χ0n) is 18.9. The maximum atomic E-state index is 14.5. The monoisotopic (exact) mass is 477 g/mol. The molecule has 0 saturated heterocycles. The van der Waals surface area contributed by atoms with Crippen LogP contribution in [0.25, 0.3) is 11.3 Å². The summed E-state index contributed by atoms with van der Waals surface area (Å²) in [5.41, 5.74) is 0.382. The number of nitrogens with one attached hydrogen (secondary N) is 1. The lowest BCUT2D eigenvalue weighted by atomic mass is 10.1. The number of benzene rings is 2. The zero-order chi connectivity index (χ0) is 23.8. The molecule has 0 fully saturated rings. The summed E-state index contributed by atoms with van der Waals surface area (Å²) in [6.07, 6.45) is 1.28. The van der Waals surface area contributed by atoms with E-state index in [2.05, 4.69) is 14.8 Å². The summed E-state index contributed by atoms with van der Waals surface area (Å²) in [6, 6.07) is 13.0. The smallest absolute Gasteiger partial charge is 0.232 e. The molecule has 178 valence electrons. The number of halogens is 2. The van der Waals surface area contributed by atoms with Gasteiger partial charge in [0.05, 0.1) is 11.3 Å². The van der Waals surface area contributed by atoms with Gasteiger partial charge in [0.25, 0.3) is 0 Å². The van der Waals surface area contributed by atoms with Crippen LogP contribution in [0.1, 0.15) is 31.6 Å². The molecule has 0 radical (unpaired) electrons. The Bertz CT molecular complexity index is 1130. The standard InChI is InChI=1S/C24H29F2N3O3S/c1-3-29(4-2)16-9-17-33(30,31)28-23-21(15-14-18-10-6-5-7-11-18)32-27-24(23)22-19(25)12-8-13-20(22)26/h5-8,10-13,28H,3-4,9,14-17H2,1-2H3. The van der Waals surface area contributed by atoms with Crippen LogP contribution in [0.3, 0.4) is 0 Å². The molecule has 0 aliphatic rings. The van der Waals surface area contributed by atoms with Crippen LogP contribution in [0.15, 0.2) is 53.1 Å². The molecule has 33 heavy (non-hydrogen) atoms. The third kappa shape index (κ3) is 6.61. The van der Waals surface area contributed by atoms with E-state index in [1.54, 1.807) is 0 Å². The van der Waals surface area contributed by atoms with E-state index in [9.17, 15) is 17.2 Å². The number of hydrogen-bond donors (Lipinski definition) is 1. The van der Waals surface area contributed by atoms with Crippen molar-refractivity contribution in [3.05, 3.63) is 71.5 Å². The van der Waals surface area contributed by atoms with Gasteiger partial charge in [-0.15, -0.1) is 0 Å². The summed E-state index contributed by atoms with van der Waals surface area (Å²) in [6.45, 7) is 6.32. The Morgan fingerprint density at radius 2 is 1.64 bits per heavy atom. The van der Waals surface area contributed by atoms with Crippen molar-refractivity contribution in [3.63, 3.8) is 0 Å². The van der Waals surface area contributed by atoms with E-state index in [-0.39, 0.29) is 22.9 Å². The highest BCUT2D eigenvalue weighted by Gasteiger charge is 2.26. The van der Waals surface area contributed by atoms with Crippen molar-refractivity contribution >= 4 is 15.7 Å². The second-order valence-corrected chi connectivity index (χ2v) is 9.55. The van der Waals surface area contributed by atoms with Gasteiger partial charge in [-0.25, -0.2) is 17.2 Å². The number of rotatable bonds is 12. The topological polar surface area (TPSA) is 75.4 Å². The van der Waals surface area contributed by atoms with Gasteiger partial charge in [-0.2, -0.15) is 0 Å². The van der Waals surface area contributed by atoms with Crippen LogP contribution in [-0.2, 0) is 22.9 Å². The van der Waals surface area contributed by atoms with E-state index in [0.29, 0.717) is 25.8 Å². The fraction of sp³-hybridized carbons (Fsp3) is 0.375. The molecule has 3 rings (SSSR count). The van der Waals surface area contributed by atoms with Crippen molar-refractivity contribution in [2.45, 2.75) is 33.1 Å². The Morgan fingerprint density at radius 1 is 0.970 bits per heavy atom. The molecule has 9 heteroatoms. The molecular weight excluding hydrogens is 448 g/mol. The highest BCUT2D eigenvalue weighted by Crippen LogP contribution is 2.35. The van der Waals surface area contributed by atoms with Gasteiger partial charge in [0.2, 0.25) is 10.0 Å². The number of aryl methyl sites for hydroxylation is 2. The highest BCUT2D eigenvalue weighted by molar-refractivity contribution is 7.92. The average Bonchev–Trinajstić information content (AvgIpc) is 3.17. The van der Waals surface area contributed by atoms with E-state index in [4.69, 9.17) is 4.52 Å². The number of nitrogens with zero attached hydrogens (tertiary/aromatic N) is 2. The van der Waals surface area contributed by atoms with Gasteiger partial charge in [-0.3, -0.25) is 4.72 Å². The third-order valence-electron chi connectivity index (χ3n) is 5.49. The van der Waals surface area contributed by atoms with Crippen LogP contribution in [0.2, 0.25) is 0 Å². The summed E-state index contributed by atoms with van der Waals surface area (Å²) in [4.78, 5) is 2.13. The lowest BCUT2D eigenvalue weighted by Gasteiger charge is -2.17. The van der Waals surface area contributed by atoms with Gasteiger partial charge in [0.1, 0.15) is 23.0 Å². The van der Waals surface area contributed by atoms with Crippen molar-refractivity contribution in [1.82, 2.24) is 10.1 Å². The molecule has 0 saturated carbocycles. The number of aromatic nitrogens is 1. The largest absolute Gasteiger partial charge is 0.358 e. The fourth-order valence-corrected chi connectivity index (χ4v) is 4.75. The van der Waals surface area contributed by atoms with Gasteiger partial charge in [-0.05, 0) is 50.2 Å². The van der Waals surface area contributed by atoms with Crippen molar-refractivity contribution in [2.75, 3.05) is 30.1 Å². The number of hydrogen-bond acceptors (Lipinski definition) is 5. The second kappa shape index (κ2) is 11.4. The van der Waals surface area contributed by atoms with Crippen molar-refractivity contribution in [2.24, 2.45) is 0 Å². The number of sulfonamides is 1. The first kappa shape index (κ1) is 24.9. The van der Waals surface area contributed by atoms with Gasteiger partial charge < -0.3 is 9.42 Å². The van der Waals surface area contributed by atoms with Gasteiger partial charge in [0.15, 0.2) is 5.76 Å². The Hall–Kier alpha value is -2.78. The van der Waals surface area contributed by atoms with E-state index in [1.165, 1.54) is 6.07 Å². The minimum Gasteiger partial charge on any atom is -0.358 e. The van der Waals surface area contributed by atoms with E-state index >= 15 is 0 Å². The predicted octanol–water partition coefficient (Wildman–Crippen LogP) is 4.88. The Kier molecular flexibility index (Phi) is 8.57. The van der Waals surface area contributed by atoms with Gasteiger partial charge >= 0.3 is 0 Å². The van der Waals surface area contributed by atoms with Gasteiger partial charge in [-0.1, -0.05) is 55.4 Å². The van der Waals surface area contributed by atoms with Crippen molar-refractivity contribution < 1.29 is 21.7 Å². The maximum Gasteiger partial charge on any atom is 0.232 e. The normalized spacial score (nSPS) is 11.8.